The van der Waals surface area contributed by atoms with Crippen LogP contribution >= 0.6 is 7.82 Å². The predicted octanol–water partition coefficient (Wildman–Crippen LogP) is -0.321. The Morgan fingerprint density at radius 1 is 1.40 bits per heavy atom. The van der Waals surface area contributed by atoms with Crippen LogP contribution < -0.4 is 11.5 Å². The number of aliphatic hydroxyl groups is 2. The monoisotopic (exact) mass is 446 g/mol. The molecule has 7 N–H and O–H groups in total. The molecule has 2 aromatic rings. The molecule has 2 aromatic heterocycles. The first-order valence-electron chi connectivity index (χ1n) is 9.56. The van der Waals surface area contributed by atoms with Crippen molar-refractivity contribution in [3.05, 3.63) is 12.7 Å². The SMILES string of the molecule is CCCCC(N)CO.Nc1ncnc2c1ncn2[C@@H]1O[C@@H]2COP(=O)(O)O[C@H]2[C@H]1O. The summed E-state index contributed by atoms with van der Waals surface area (Å²) in [5, 5.41) is 18.8. The van der Waals surface area contributed by atoms with Crippen molar-refractivity contribution in [3.63, 3.8) is 0 Å². The van der Waals surface area contributed by atoms with E-state index in [1.54, 1.807) is 0 Å². The van der Waals surface area contributed by atoms with E-state index in [1.807, 2.05) is 0 Å². The number of rotatable bonds is 5. The third kappa shape index (κ3) is 4.95. The summed E-state index contributed by atoms with van der Waals surface area (Å²) >= 11 is 0. The van der Waals surface area contributed by atoms with Crippen molar-refractivity contribution in [1.29, 1.82) is 0 Å². The Morgan fingerprint density at radius 3 is 2.87 bits per heavy atom. The van der Waals surface area contributed by atoms with Gasteiger partial charge in [0.05, 0.1) is 19.5 Å². The molecule has 2 aliphatic heterocycles. The van der Waals surface area contributed by atoms with Crippen molar-refractivity contribution in [2.24, 2.45) is 5.73 Å². The second-order valence-corrected chi connectivity index (χ2v) is 8.46. The number of aromatic nitrogens is 4. The molecule has 2 aliphatic rings. The Morgan fingerprint density at radius 2 is 2.17 bits per heavy atom. The van der Waals surface area contributed by atoms with Gasteiger partial charge in [0.25, 0.3) is 0 Å². The van der Waals surface area contributed by atoms with Crippen LogP contribution in [-0.2, 0) is 18.3 Å². The summed E-state index contributed by atoms with van der Waals surface area (Å²) < 4.78 is 28.2. The number of imidazole rings is 1. The van der Waals surface area contributed by atoms with Gasteiger partial charge < -0.3 is 31.3 Å². The maximum atomic E-state index is 11.5. The zero-order chi connectivity index (χ0) is 21.9. The topological polar surface area (TPSA) is 201 Å². The smallest absolute Gasteiger partial charge is 0.395 e. The van der Waals surface area contributed by atoms with E-state index in [2.05, 4.69) is 26.4 Å². The molecular weight excluding hydrogens is 419 g/mol. The molecule has 0 spiro atoms. The zero-order valence-electron chi connectivity index (χ0n) is 16.4. The Kier molecular flexibility index (Phi) is 7.37. The van der Waals surface area contributed by atoms with Crippen LogP contribution in [0.4, 0.5) is 5.82 Å². The largest absolute Gasteiger partial charge is 0.472 e. The van der Waals surface area contributed by atoms with Gasteiger partial charge in [0, 0.05) is 6.04 Å². The molecular formula is C16H27N6O7P. The normalized spacial score (nSPS) is 31.8. The van der Waals surface area contributed by atoms with Crippen LogP contribution in [0.2, 0.25) is 0 Å². The van der Waals surface area contributed by atoms with E-state index < -0.39 is 32.4 Å². The molecule has 6 atom stereocenters. The molecule has 0 aliphatic carbocycles. The van der Waals surface area contributed by atoms with Crippen LogP contribution in [-0.4, -0.2) is 72.2 Å². The fourth-order valence-electron chi connectivity index (χ4n) is 3.18. The molecule has 2 saturated heterocycles. The average Bonchev–Trinajstić information content (AvgIpc) is 3.28. The third-order valence-corrected chi connectivity index (χ3v) is 5.78. The van der Waals surface area contributed by atoms with Crippen LogP contribution in [0.25, 0.3) is 11.2 Å². The Bertz CT molecular complexity index is 898. The molecule has 168 valence electrons. The zero-order valence-corrected chi connectivity index (χ0v) is 17.3. The number of nitrogen functional groups attached to an aromatic ring is 1. The van der Waals surface area contributed by atoms with Crippen molar-refractivity contribution in [2.75, 3.05) is 18.9 Å². The molecule has 4 rings (SSSR count). The maximum Gasteiger partial charge on any atom is 0.472 e. The summed E-state index contributed by atoms with van der Waals surface area (Å²) in [5.74, 6) is 0.202. The van der Waals surface area contributed by atoms with Gasteiger partial charge in [0.15, 0.2) is 17.7 Å². The standard InChI is InChI=1S/C10H12N5O6P.C6H15NO/c11-8-5-9(13-2-12-8)15(3-14-5)10-6(16)7-4(20-10)1-19-22(17,18)21-7;1-2-3-4-6(7)5-8/h2-4,6-7,10,16H,1H2,(H,17,18)(H2,11,12,13);6,8H,2-5,7H2,1H3/t4-,6-,7-,10-;/m1./s1. The van der Waals surface area contributed by atoms with Crippen LogP contribution in [0.5, 0.6) is 0 Å². The molecule has 4 heterocycles. The highest BCUT2D eigenvalue weighted by Crippen LogP contribution is 2.52. The number of hydrogen-bond acceptors (Lipinski definition) is 11. The lowest BCUT2D eigenvalue weighted by Crippen LogP contribution is -2.39. The van der Waals surface area contributed by atoms with Crippen molar-refractivity contribution in [1.82, 2.24) is 19.5 Å². The minimum Gasteiger partial charge on any atom is -0.395 e. The molecule has 13 nitrogen and oxygen atoms in total. The summed E-state index contributed by atoms with van der Waals surface area (Å²) in [6.45, 7) is 2.08. The number of anilines is 1. The van der Waals surface area contributed by atoms with Crippen LogP contribution in [0.3, 0.4) is 0 Å². The number of nitrogens with two attached hydrogens (primary N) is 2. The highest BCUT2D eigenvalue weighted by atomic mass is 31.2. The van der Waals surface area contributed by atoms with Gasteiger partial charge >= 0.3 is 7.82 Å². The Balaban J connectivity index is 0.000000275. The van der Waals surface area contributed by atoms with Gasteiger partial charge in [-0.1, -0.05) is 19.8 Å². The van der Waals surface area contributed by atoms with Gasteiger partial charge in [0.1, 0.15) is 30.2 Å². The first-order chi connectivity index (χ1) is 14.3. The fourth-order valence-corrected chi connectivity index (χ4v) is 4.14. The molecule has 0 bridgehead atoms. The van der Waals surface area contributed by atoms with E-state index in [4.69, 9.17) is 25.8 Å². The predicted molar refractivity (Wildman–Crippen MR) is 105 cm³/mol. The molecule has 2 unspecified atom stereocenters. The lowest BCUT2D eigenvalue weighted by atomic mass is 10.1. The molecule has 0 saturated carbocycles. The number of aliphatic hydroxyl groups excluding tert-OH is 2. The van der Waals surface area contributed by atoms with Gasteiger partial charge in [-0.2, -0.15) is 0 Å². The number of ether oxygens (including phenoxy) is 1. The van der Waals surface area contributed by atoms with Crippen molar-refractivity contribution in [3.8, 4) is 0 Å². The summed E-state index contributed by atoms with van der Waals surface area (Å²) in [6.07, 6.45) is 2.17. The van der Waals surface area contributed by atoms with E-state index in [1.165, 1.54) is 17.2 Å². The van der Waals surface area contributed by atoms with E-state index in [0.29, 0.717) is 11.2 Å². The second kappa shape index (κ2) is 9.62. The molecule has 30 heavy (non-hydrogen) atoms. The van der Waals surface area contributed by atoms with Gasteiger partial charge in [0.2, 0.25) is 0 Å². The van der Waals surface area contributed by atoms with Crippen LogP contribution in [0.1, 0.15) is 32.4 Å². The first-order valence-corrected chi connectivity index (χ1v) is 11.1. The lowest BCUT2D eigenvalue weighted by molar-refractivity contribution is -0.0664. The average molecular weight is 446 g/mol. The minimum atomic E-state index is -4.16. The van der Waals surface area contributed by atoms with E-state index in [0.717, 1.165) is 19.3 Å². The molecule has 14 heteroatoms. The van der Waals surface area contributed by atoms with Gasteiger partial charge in [-0.3, -0.25) is 13.6 Å². The van der Waals surface area contributed by atoms with E-state index in [9.17, 15) is 14.6 Å². The number of hydrogen-bond donors (Lipinski definition) is 5. The molecule has 2 fully saturated rings. The molecule has 0 aromatic carbocycles. The minimum absolute atomic E-state index is 0.00921. The first kappa shape index (κ1) is 23.0. The summed E-state index contributed by atoms with van der Waals surface area (Å²) in [7, 11) is -4.16. The number of phosphoric acid groups is 1. The summed E-state index contributed by atoms with van der Waals surface area (Å²) in [6, 6.07) is 0.00921. The quantitative estimate of drug-likeness (QED) is 0.375. The molecule has 0 amide bonds. The lowest BCUT2D eigenvalue weighted by Gasteiger charge is -2.27. The van der Waals surface area contributed by atoms with Gasteiger partial charge in [-0.15, -0.1) is 0 Å². The Hall–Kier alpha value is -1.70. The van der Waals surface area contributed by atoms with Crippen molar-refractivity contribution >= 4 is 24.8 Å². The van der Waals surface area contributed by atoms with Gasteiger partial charge in [-0.25, -0.2) is 19.5 Å². The second-order valence-electron chi connectivity index (χ2n) is 7.06. The van der Waals surface area contributed by atoms with Crippen molar-refractivity contribution in [2.45, 2.75) is 56.8 Å². The fraction of sp³-hybridized carbons (Fsp3) is 0.688. The highest BCUT2D eigenvalue weighted by molar-refractivity contribution is 7.47. The molecule has 0 radical (unpaired) electrons. The highest BCUT2D eigenvalue weighted by Gasteiger charge is 2.52. The number of phosphoric ester groups is 1. The van der Waals surface area contributed by atoms with Crippen LogP contribution in [0, 0.1) is 0 Å². The summed E-state index contributed by atoms with van der Waals surface area (Å²) in [5.41, 5.74) is 11.9. The third-order valence-electron chi connectivity index (χ3n) is 4.79. The van der Waals surface area contributed by atoms with E-state index >= 15 is 0 Å². The Labute approximate surface area is 172 Å². The summed E-state index contributed by atoms with van der Waals surface area (Å²) in [4.78, 5) is 21.3. The van der Waals surface area contributed by atoms with Gasteiger partial charge in [-0.05, 0) is 6.42 Å². The number of nitrogens with zero attached hydrogens (tertiary/aromatic N) is 4. The van der Waals surface area contributed by atoms with Crippen LogP contribution in [0.15, 0.2) is 12.7 Å². The number of unbranched alkanes of at least 4 members (excludes halogenated alkanes) is 1. The van der Waals surface area contributed by atoms with E-state index in [-0.39, 0.29) is 25.1 Å². The maximum absolute atomic E-state index is 11.5. The number of fused-ring (bicyclic) bond motifs is 2. The van der Waals surface area contributed by atoms with Crippen molar-refractivity contribution < 1.29 is 33.5 Å².